The summed E-state index contributed by atoms with van der Waals surface area (Å²) in [5, 5.41) is 20.2. The predicted molar refractivity (Wildman–Crippen MR) is 118 cm³/mol. The maximum absolute atomic E-state index is 11.7. The van der Waals surface area contributed by atoms with E-state index < -0.39 is 12.2 Å². The second-order valence-electron chi connectivity index (χ2n) is 9.86. The third-order valence-corrected chi connectivity index (χ3v) is 8.10. The number of fused-ring (bicyclic) bond motifs is 1. The maximum atomic E-state index is 11.7. The molecule has 3 aliphatic rings. The zero-order valence-electron chi connectivity index (χ0n) is 18.2. The van der Waals surface area contributed by atoms with E-state index in [4.69, 9.17) is 0 Å². The van der Waals surface area contributed by atoms with Gasteiger partial charge in [-0.2, -0.15) is 0 Å². The normalized spacial score (nSPS) is 37.3. The lowest BCUT2D eigenvalue weighted by Crippen LogP contribution is -2.36. The lowest BCUT2D eigenvalue weighted by Gasteiger charge is -2.44. The minimum Gasteiger partial charge on any atom is -0.388 e. The number of hydrogen-bond acceptors (Lipinski definition) is 3. The molecule has 3 aliphatic carbocycles. The molecule has 0 radical (unpaired) electrons. The maximum Gasteiger partial charge on any atom is 0.155 e. The van der Waals surface area contributed by atoms with Crippen molar-refractivity contribution in [2.45, 2.75) is 83.8 Å². The van der Waals surface area contributed by atoms with Crippen LogP contribution in [0.5, 0.6) is 0 Å². The van der Waals surface area contributed by atoms with Crippen molar-refractivity contribution < 1.29 is 15.0 Å². The Labute approximate surface area is 176 Å². The highest BCUT2D eigenvalue weighted by molar-refractivity contribution is 5.88. The van der Waals surface area contributed by atoms with Crippen molar-refractivity contribution in [3.8, 4) is 0 Å². The number of aliphatic hydroxyl groups is 2. The average molecular weight is 399 g/mol. The predicted octanol–water partition coefficient (Wildman–Crippen LogP) is 5.30. The summed E-state index contributed by atoms with van der Waals surface area (Å²) in [4.78, 5) is 11.7. The van der Waals surface area contributed by atoms with E-state index in [1.165, 1.54) is 37.3 Å². The van der Waals surface area contributed by atoms with Gasteiger partial charge in [-0.3, -0.25) is 4.79 Å². The van der Waals surface area contributed by atoms with Crippen molar-refractivity contribution >= 4 is 5.78 Å². The third-order valence-electron chi connectivity index (χ3n) is 8.10. The standard InChI is InChI=1S/C26H38O3/c1-5-21(27)11-8-17(2)22-12-13-23-20(7-6-14-26(22,23)4)10-9-19-15-24(28)18(3)25(29)16-19/h5,9-10,17,22-25,28-29H,1,3,6-8,11-16H2,2,4H3/b20-10+/t17-,22-,23+,24-,25-,26-/m1/s1. The van der Waals surface area contributed by atoms with Crippen molar-refractivity contribution in [2.75, 3.05) is 0 Å². The van der Waals surface area contributed by atoms with Crippen LogP contribution in [0.2, 0.25) is 0 Å². The van der Waals surface area contributed by atoms with Gasteiger partial charge in [0.1, 0.15) is 0 Å². The first-order valence-corrected chi connectivity index (χ1v) is 11.3. The van der Waals surface area contributed by atoms with Gasteiger partial charge in [0.05, 0.1) is 12.2 Å². The van der Waals surface area contributed by atoms with E-state index in [0.29, 0.717) is 48.0 Å². The van der Waals surface area contributed by atoms with Crippen LogP contribution in [-0.4, -0.2) is 28.2 Å². The number of aliphatic hydroxyl groups excluding tert-OH is 2. The van der Waals surface area contributed by atoms with E-state index >= 15 is 0 Å². The Morgan fingerprint density at radius 2 is 1.93 bits per heavy atom. The van der Waals surface area contributed by atoms with Crippen molar-refractivity contribution in [3.05, 3.63) is 48.1 Å². The topological polar surface area (TPSA) is 57.5 Å². The number of rotatable bonds is 6. The fourth-order valence-corrected chi connectivity index (χ4v) is 6.31. The van der Waals surface area contributed by atoms with Gasteiger partial charge in [0, 0.05) is 6.42 Å². The molecular weight excluding hydrogens is 360 g/mol. The van der Waals surface area contributed by atoms with Crippen molar-refractivity contribution in [2.24, 2.45) is 23.2 Å². The summed E-state index contributed by atoms with van der Waals surface area (Å²) in [6.07, 6.45) is 13.5. The average Bonchev–Trinajstić information content (AvgIpc) is 3.05. The zero-order chi connectivity index (χ0) is 21.2. The molecule has 160 valence electrons. The number of hydrogen-bond donors (Lipinski definition) is 2. The molecule has 0 aromatic carbocycles. The molecule has 0 amide bonds. The van der Waals surface area contributed by atoms with Gasteiger partial charge < -0.3 is 10.2 Å². The highest BCUT2D eigenvalue weighted by Crippen LogP contribution is 2.59. The van der Waals surface area contributed by atoms with Crippen LogP contribution < -0.4 is 0 Å². The quantitative estimate of drug-likeness (QED) is 0.471. The second kappa shape index (κ2) is 9.14. The van der Waals surface area contributed by atoms with Gasteiger partial charge in [-0.05, 0) is 86.2 Å². The fourth-order valence-electron chi connectivity index (χ4n) is 6.31. The highest BCUT2D eigenvalue weighted by atomic mass is 16.3. The molecule has 0 heterocycles. The van der Waals surface area contributed by atoms with E-state index in [1.807, 2.05) is 0 Å². The highest BCUT2D eigenvalue weighted by Gasteiger charge is 2.50. The monoisotopic (exact) mass is 398 g/mol. The second-order valence-corrected chi connectivity index (χ2v) is 9.86. The van der Waals surface area contributed by atoms with Crippen LogP contribution in [0.1, 0.15) is 71.6 Å². The first-order valence-electron chi connectivity index (χ1n) is 11.3. The molecule has 0 aromatic rings. The smallest absolute Gasteiger partial charge is 0.155 e. The third kappa shape index (κ3) is 4.67. The molecule has 0 aromatic heterocycles. The van der Waals surface area contributed by atoms with E-state index in [1.54, 1.807) is 0 Å². The summed E-state index contributed by atoms with van der Waals surface area (Å²) in [5.74, 6) is 2.00. The SMILES string of the molecule is C=CC(=O)CC[C@@H](C)[C@H]1CC[C@H]2/C(=C/C=C3C[C@@H](O)C(=C)[C@H](O)C3)CCC[C@]12C. The van der Waals surface area contributed by atoms with Gasteiger partial charge in [-0.25, -0.2) is 0 Å². The first-order chi connectivity index (χ1) is 13.8. The molecule has 0 saturated heterocycles. The van der Waals surface area contributed by atoms with Crippen LogP contribution in [0.15, 0.2) is 48.1 Å². The number of ketones is 1. The Morgan fingerprint density at radius 1 is 1.24 bits per heavy atom. The van der Waals surface area contributed by atoms with Gasteiger partial charge in [0.25, 0.3) is 0 Å². The van der Waals surface area contributed by atoms with Gasteiger partial charge in [-0.15, -0.1) is 0 Å². The van der Waals surface area contributed by atoms with Crippen LogP contribution in [-0.2, 0) is 4.79 Å². The Kier molecular flexibility index (Phi) is 7.01. The van der Waals surface area contributed by atoms with Crippen LogP contribution in [0, 0.1) is 23.2 Å². The first kappa shape index (κ1) is 22.2. The molecule has 3 saturated carbocycles. The number of allylic oxidation sites excluding steroid dienone is 4. The molecule has 29 heavy (non-hydrogen) atoms. The van der Waals surface area contributed by atoms with Crippen molar-refractivity contribution in [1.29, 1.82) is 0 Å². The van der Waals surface area contributed by atoms with Crippen LogP contribution in [0.3, 0.4) is 0 Å². The van der Waals surface area contributed by atoms with E-state index in [9.17, 15) is 15.0 Å². The molecule has 3 heteroatoms. The number of carbonyl (C=O) groups excluding carboxylic acids is 1. The minimum absolute atomic E-state index is 0.159. The van der Waals surface area contributed by atoms with Gasteiger partial charge in [0.2, 0.25) is 0 Å². The lowest BCUT2D eigenvalue weighted by molar-refractivity contribution is -0.115. The van der Waals surface area contributed by atoms with E-state index in [-0.39, 0.29) is 5.78 Å². The van der Waals surface area contributed by atoms with Gasteiger partial charge in [0.15, 0.2) is 5.78 Å². The molecule has 0 spiro atoms. The largest absolute Gasteiger partial charge is 0.388 e. The minimum atomic E-state index is -0.630. The molecule has 3 fully saturated rings. The summed E-state index contributed by atoms with van der Waals surface area (Å²) < 4.78 is 0. The van der Waals surface area contributed by atoms with E-state index in [0.717, 1.165) is 18.4 Å². The van der Waals surface area contributed by atoms with Crippen molar-refractivity contribution in [3.63, 3.8) is 0 Å². The summed E-state index contributed by atoms with van der Waals surface area (Å²) in [6.45, 7) is 12.2. The summed E-state index contributed by atoms with van der Waals surface area (Å²) in [7, 11) is 0. The molecule has 0 aliphatic heterocycles. The summed E-state index contributed by atoms with van der Waals surface area (Å²) in [5.41, 5.74) is 3.51. The molecule has 0 unspecified atom stereocenters. The summed E-state index contributed by atoms with van der Waals surface area (Å²) in [6, 6.07) is 0. The summed E-state index contributed by atoms with van der Waals surface area (Å²) >= 11 is 0. The Morgan fingerprint density at radius 3 is 2.59 bits per heavy atom. The van der Waals surface area contributed by atoms with Gasteiger partial charge >= 0.3 is 0 Å². The van der Waals surface area contributed by atoms with Crippen LogP contribution in [0.25, 0.3) is 0 Å². The molecule has 2 N–H and O–H groups in total. The number of carbonyl (C=O) groups is 1. The Hall–Kier alpha value is -1.45. The van der Waals surface area contributed by atoms with Crippen LogP contribution >= 0.6 is 0 Å². The fraction of sp³-hybridized carbons (Fsp3) is 0.654. The Balaban J connectivity index is 1.71. The zero-order valence-corrected chi connectivity index (χ0v) is 18.2. The molecule has 3 nitrogen and oxygen atoms in total. The molecule has 3 rings (SSSR count). The molecular formula is C26H38O3. The van der Waals surface area contributed by atoms with Crippen molar-refractivity contribution in [1.82, 2.24) is 0 Å². The van der Waals surface area contributed by atoms with E-state index in [2.05, 4.69) is 39.2 Å². The molecule has 6 atom stereocenters. The van der Waals surface area contributed by atoms with Crippen LogP contribution in [0.4, 0.5) is 0 Å². The lowest BCUT2D eigenvalue weighted by atomic mass is 9.60. The van der Waals surface area contributed by atoms with Gasteiger partial charge in [-0.1, -0.05) is 50.3 Å². The Bertz CT molecular complexity index is 699. The molecule has 0 bridgehead atoms.